The van der Waals surface area contributed by atoms with Crippen molar-refractivity contribution < 1.29 is 23.1 Å². The van der Waals surface area contributed by atoms with Crippen molar-refractivity contribution in [3.63, 3.8) is 0 Å². The van der Waals surface area contributed by atoms with Crippen molar-refractivity contribution in [2.24, 2.45) is 17.8 Å². The van der Waals surface area contributed by atoms with Gasteiger partial charge < -0.3 is 14.7 Å². The van der Waals surface area contributed by atoms with Gasteiger partial charge in [-0.25, -0.2) is 13.1 Å². The summed E-state index contributed by atoms with van der Waals surface area (Å²) >= 11 is 6.32. The average molecular weight is 629 g/mol. The Labute approximate surface area is 261 Å². The number of nitrogens with one attached hydrogen (secondary N) is 1. The quantitative estimate of drug-likeness (QED) is 0.361. The van der Waals surface area contributed by atoms with E-state index in [-0.39, 0.29) is 23.3 Å². The first-order valence-corrected chi connectivity index (χ1v) is 17.7. The number of benzene rings is 2. The largest absolute Gasteiger partial charge is 0.487 e. The van der Waals surface area contributed by atoms with Crippen molar-refractivity contribution in [2.75, 3.05) is 18.0 Å². The molecule has 0 radical (unpaired) electrons. The van der Waals surface area contributed by atoms with E-state index in [2.05, 4.69) is 16.5 Å². The molecule has 1 saturated carbocycles. The molecule has 2 aromatic rings. The lowest BCUT2D eigenvalue weighted by molar-refractivity contribution is -0.0508. The number of hydrogen-bond donors (Lipinski definition) is 2. The highest BCUT2D eigenvalue weighted by molar-refractivity contribution is 7.90. The third-order valence-electron chi connectivity index (χ3n) is 9.84. The number of aliphatic hydroxyl groups is 1. The lowest BCUT2D eigenvalue weighted by atomic mass is 9.63. The van der Waals surface area contributed by atoms with Gasteiger partial charge in [0, 0.05) is 23.7 Å². The number of rotatable bonds is 2. The van der Waals surface area contributed by atoms with Gasteiger partial charge in [0.25, 0.3) is 5.91 Å². The minimum atomic E-state index is -3.93. The molecule has 3 aliphatic rings. The summed E-state index contributed by atoms with van der Waals surface area (Å²) in [4.78, 5) is 15.7. The predicted molar refractivity (Wildman–Crippen MR) is 172 cm³/mol. The van der Waals surface area contributed by atoms with Crippen molar-refractivity contribution in [2.45, 2.75) is 89.6 Å². The molecular formula is C34H45ClN2O5S. The highest BCUT2D eigenvalue weighted by Gasteiger charge is 2.45. The van der Waals surface area contributed by atoms with Gasteiger partial charge in [-0.05, 0) is 111 Å². The van der Waals surface area contributed by atoms with Crippen LogP contribution in [0.1, 0.15) is 87.2 Å². The first kappa shape index (κ1) is 31.9. The van der Waals surface area contributed by atoms with E-state index >= 15 is 0 Å². The molecule has 2 N–H and O–H groups in total. The van der Waals surface area contributed by atoms with E-state index < -0.39 is 26.8 Å². The van der Waals surface area contributed by atoms with Crippen molar-refractivity contribution in [3.05, 3.63) is 70.3 Å². The van der Waals surface area contributed by atoms with Gasteiger partial charge >= 0.3 is 0 Å². The molecule has 1 fully saturated rings. The number of nitrogens with zero attached hydrogens (tertiary/aromatic N) is 1. The number of carbonyl (C=O) groups excluding carboxylic acids is 1. The zero-order valence-electron chi connectivity index (χ0n) is 25.5. The van der Waals surface area contributed by atoms with Crippen molar-refractivity contribution in [1.82, 2.24) is 4.72 Å². The first-order valence-electron chi connectivity index (χ1n) is 15.8. The van der Waals surface area contributed by atoms with Crippen LogP contribution in [0.3, 0.4) is 0 Å². The first-order chi connectivity index (χ1) is 20.5. The summed E-state index contributed by atoms with van der Waals surface area (Å²) in [7, 11) is -3.93. The molecule has 43 heavy (non-hydrogen) atoms. The van der Waals surface area contributed by atoms with Crippen LogP contribution < -0.4 is 14.4 Å². The highest BCUT2D eigenvalue weighted by Crippen LogP contribution is 2.46. The topological polar surface area (TPSA) is 95.9 Å². The second kappa shape index (κ2) is 13.2. The smallest absolute Gasteiger partial charge is 0.264 e. The molecule has 0 aromatic heterocycles. The number of allylic oxidation sites excluding steroid dienone is 1. The fraction of sp³-hybridized carbons (Fsp3) is 0.559. The van der Waals surface area contributed by atoms with E-state index in [1.807, 2.05) is 37.3 Å². The van der Waals surface area contributed by atoms with Crippen LogP contribution in [0.5, 0.6) is 5.75 Å². The molecule has 0 unspecified atom stereocenters. The van der Waals surface area contributed by atoms with Gasteiger partial charge in [0.05, 0.1) is 16.5 Å². The summed E-state index contributed by atoms with van der Waals surface area (Å²) in [5.74, 6) is 0.139. The molecular weight excluding hydrogens is 584 g/mol. The van der Waals surface area contributed by atoms with Gasteiger partial charge in [-0.15, -0.1) is 0 Å². The molecule has 2 bridgehead atoms. The summed E-state index contributed by atoms with van der Waals surface area (Å²) < 4.78 is 35.3. The Morgan fingerprint density at radius 2 is 1.93 bits per heavy atom. The van der Waals surface area contributed by atoms with Crippen molar-refractivity contribution >= 4 is 33.2 Å². The maximum absolute atomic E-state index is 13.4. The Balaban J connectivity index is 1.57. The minimum Gasteiger partial charge on any atom is -0.487 e. The molecule has 5 atom stereocenters. The average Bonchev–Trinajstić information content (AvgIpc) is 2.97. The van der Waals surface area contributed by atoms with Crippen LogP contribution in [0.4, 0.5) is 5.69 Å². The van der Waals surface area contributed by atoms with E-state index in [4.69, 9.17) is 16.3 Å². The van der Waals surface area contributed by atoms with Gasteiger partial charge in [-0.3, -0.25) is 4.79 Å². The van der Waals surface area contributed by atoms with Gasteiger partial charge in [0.15, 0.2) is 0 Å². The summed E-state index contributed by atoms with van der Waals surface area (Å²) in [6.45, 7) is 7.41. The van der Waals surface area contributed by atoms with Crippen LogP contribution >= 0.6 is 11.6 Å². The SMILES string of the molecule is CCC[C@]1(O)/C=C/C[C@H](C)[C@@H](C)S(=O)(=O)NC(=O)c2ccc3c(c2)N(CCCCc2cc(Cl)ccc2CO3)C[C@@H]2CC[C@H]21. The molecule has 2 heterocycles. The lowest BCUT2D eigenvalue weighted by Crippen LogP contribution is -2.50. The molecule has 1 amide bonds. The zero-order valence-corrected chi connectivity index (χ0v) is 27.1. The number of hydrogen-bond acceptors (Lipinski definition) is 6. The van der Waals surface area contributed by atoms with Crippen molar-refractivity contribution in [3.8, 4) is 5.75 Å². The summed E-state index contributed by atoms with van der Waals surface area (Å²) in [5.41, 5.74) is 2.35. The molecule has 7 nitrogen and oxygen atoms in total. The molecule has 0 spiro atoms. The molecule has 0 saturated heterocycles. The number of ether oxygens (including phenoxy) is 1. The van der Waals surface area contributed by atoms with E-state index in [9.17, 15) is 18.3 Å². The molecule has 2 aromatic carbocycles. The van der Waals surface area contributed by atoms with Crippen LogP contribution in [-0.2, 0) is 23.1 Å². The number of halogens is 1. The van der Waals surface area contributed by atoms with Gasteiger partial charge in [-0.2, -0.15) is 0 Å². The van der Waals surface area contributed by atoms with Crippen LogP contribution in [0.25, 0.3) is 0 Å². The van der Waals surface area contributed by atoms with E-state index in [0.717, 1.165) is 62.9 Å². The second-order valence-electron chi connectivity index (χ2n) is 12.8. The lowest BCUT2D eigenvalue weighted by Gasteiger charge is -2.48. The maximum atomic E-state index is 13.4. The van der Waals surface area contributed by atoms with Crippen molar-refractivity contribution in [1.29, 1.82) is 0 Å². The third kappa shape index (κ3) is 7.07. The predicted octanol–water partition coefficient (Wildman–Crippen LogP) is 6.66. The fourth-order valence-electron chi connectivity index (χ4n) is 6.87. The van der Waals surface area contributed by atoms with E-state index in [0.29, 0.717) is 30.2 Å². The zero-order chi connectivity index (χ0) is 30.8. The third-order valence-corrected chi connectivity index (χ3v) is 12.0. The fourth-order valence-corrected chi connectivity index (χ4v) is 8.35. The summed E-state index contributed by atoms with van der Waals surface area (Å²) in [5, 5.41) is 11.9. The number of sulfonamides is 1. The maximum Gasteiger partial charge on any atom is 0.264 e. The van der Waals surface area contributed by atoms with Crippen LogP contribution in [-0.4, -0.2) is 43.4 Å². The highest BCUT2D eigenvalue weighted by atomic mass is 35.5. The number of amides is 1. The monoisotopic (exact) mass is 628 g/mol. The number of anilines is 1. The van der Waals surface area contributed by atoms with E-state index in [1.165, 1.54) is 5.56 Å². The minimum absolute atomic E-state index is 0.105. The molecule has 1 aliphatic carbocycles. The molecule has 9 heteroatoms. The number of fused-ring (bicyclic) bond motifs is 3. The van der Waals surface area contributed by atoms with Crippen LogP contribution in [0.2, 0.25) is 5.02 Å². The van der Waals surface area contributed by atoms with Gasteiger partial charge in [0.1, 0.15) is 12.4 Å². The molecule has 234 valence electrons. The Kier molecular flexibility index (Phi) is 9.79. The van der Waals surface area contributed by atoms with Crippen LogP contribution in [0.15, 0.2) is 48.6 Å². The Morgan fingerprint density at radius 3 is 2.67 bits per heavy atom. The summed E-state index contributed by atoms with van der Waals surface area (Å²) in [6, 6.07) is 11.1. The molecule has 5 rings (SSSR count). The second-order valence-corrected chi connectivity index (χ2v) is 15.2. The number of carbonyl (C=O) groups is 1. The summed E-state index contributed by atoms with van der Waals surface area (Å²) in [6.07, 6.45) is 10.6. The molecule has 2 aliphatic heterocycles. The van der Waals surface area contributed by atoms with Crippen LogP contribution in [0, 0.1) is 17.8 Å². The Bertz CT molecular complexity index is 1460. The Hall–Kier alpha value is -2.55. The normalized spacial score (nSPS) is 30.3. The van der Waals surface area contributed by atoms with Gasteiger partial charge in [-0.1, -0.05) is 50.1 Å². The standard InChI is InChI=1S/C34H45ClN2O5S/c1-4-16-34(39)17-7-8-23(2)24(3)43(40,41)36-33(38)26-12-15-32-31(20-26)37(21-27-11-14-30(27)34)18-6-5-9-25-19-29(35)13-10-28(25)22-42-32/h7,10,12-13,15,17,19-20,23-24,27,30,39H,4-6,8-9,11,14,16,18,21-22H2,1-3H3,(H,36,38)/b17-7+/t23-,24+,27-,30+,34-/m0/s1. The van der Waals surface area contributed by atoms with E-state index in [1.54, 1.807) is 25.1 Å². The van der Waals surface area contributed by atoms with Gasteiger partial charge in [0.2, 0.25) is 10.0 Å². The Morgan fingerprint density at radius 1 is 1.12 bits per heavy atom. The number of aryl methyl sites for hydroxylation is 1.